The Kier molecular flexibility index (Phi) is 8.02. The highest BCUT2D eigenvalue weighted by Gasteiger charge is 2.17. The van der Waals surface area contributed by atoms with Gasteiger partial charge in [-0.05, 0) is 39.7 Å². The van der Waals surface area contributed by atoms with Gasteiger partial charge in [0.05, 0.1) is 6.61 Å². The van der Waals surface area contributed by atoms with Gasteiger partial charge in [0.25, 0.3) is 0 Å². The number of piperidine rings is 1. The lowest BCUT2D eigenvalue weighted by Crippen LogP contribution is -2.41. The molecule has 1 aliphatic heterocycles. The summed E-state index contributed by atoms with van der Waals surface area (Å²) in [5.74, 6) is -0.412. The molecule has 1 aliphatic rings. The van der Waals surface area contributed by atoms with E-state index in [0.29, 0.717) is 19.2 Å². The van der Waals surface area contributed by atoms with Gasteiger partial charge in [-0.15, -0.1) is 0 Å². The lowest BCUT2D eigenvalue weighted by Gasteiger charge is -2.33. The normalized spacial score (nSPS) is 19.4. The Morgan fingerprint density at radius 1 is 1.30 bits per heavy atom. The van der Waals surface area contributed by atoms with Crippen molar-refractivity contribution in [3.05, 3.63) is 0 Å². The summed E-state index contributed by atoms with van der Waals surface area (Å²) in [6.45, 7) is 7.05. The van der Waals surface area contributed by atoms with Crippen LogP contribution >= 0.6 is 0 Å². The molecule has 0 bridgehead atoms. The number of nitrogens with zero attached hydrogens (tertiary/aromatic N) is 1. The van der Waals surface area contributed by atoms with E-state index in [1.54, 1.807) is 6.92 Å². The van der Waals surface area contributed by atoms with E-state index in [9.17, 15) is 9.59 Å². The van der Waals surface area contributed by atoms with E-state index in [1.807, 2.05) is 0 Å². The number of ether oxygens (including phenoxy) is 1. The minimum absolute atomic E-state index is 0.0805. The molecule has 0 aromatic carbocycles. The highest BCUT2D eigenvalue weighted by atomic mass is 16.5. The molecule has 0 aliphatic carbocycles. The SMILES string of the molecule is CCOC(=O)CNC(=O)NCCCN1CCCCC1C. The van der Waals surface area contributed by atoms with Gasteiger partial charge in [-0.1, -0.05) is 6.42 Å². The molecule has 1 heterocycles. The van der Waals surface area contributed by atoms with Crippen molar-refractivity contribution in [1.82, 2.24) is 15.5 Å². The summed E-state index contributed by atoms with van der Waals surface area (Å²) in [5, 5.41) is 5.23. The van der Waals surface area contributed by atoms with Crippen molar-refractivity contribution in [1.29, 1.82) is 0 Å². The first kappa shape index (κ1) is 16.8. The second-order valence-corrected chi connectivity index (χ2v) is 5.15. The van der Waals surface area contributed by atoms with Crippen LogP contribution in [0.1, 0.15) is 39.5 Å². The molecule has 0 radical (unpaired) electrons. The van der Waals surface area contributed by atoms with Crippen molar-refractivity contribution < 1.29 is 14.3 Å². The number of nitrogens with one attached hydrogen (secondary N) is 2. The van der Waals surface area contributed by atoms with Gasteiger partial charge in [0.2, 0.25) is 0 Å². The molecule has 116 valence electrons. The summed E-state index contributed by atoms with van der Waals surface area (Å²) in [5.41, 5.74) is 0. The van der Waals surface area contributed by atoms with E-state index in [-0.39, 0.29) is 12.6 Å². The fraction of sp³-hybridized carbons (Fsp3) is 0.857. The Morgan fingerprint density at radius 3 is 2.80 bits per heavy atom. The molecule has 0 aromatic heterocycles. The Morgan fingerprint density at radius 2 is 2.10 bits per heavy atom. The number of amides is 2. The lowest BCUT2D eigenvalue weighted by atomic mass is 10.0. The smallest absolute Gasteiger partial charge is 0.325 e. The molecule has 2 amide bonds. The molecule has 0 spiro atoms. The van der Waals surface area contributed by atoms with Gasteiger partial charge in [0.15, 0.2) is 0 Å². The second-order valence-electron chi connectivity index (χ2n) is 5.15. The van der Waals surface area contributed by atoms with Gasteiger partial charge in [0.1, 0.15) is 6.54 Å². The third kappa shape index (κ3) is 6.75. The zero-order chi connectivity index (χ0) is 14.8. The van der Waals surface area contributed by atoms with Gasteiger partial charge < -0.3 is 20.3 Å². The highest BCUT2D eigenvalue weighted by molar-refractivity contribution is 5.80. The summed E-state index contributed by atoms with van der Waals surface area (Å²) in [6, 6.07) is 0.339. The van der Waals surface area contributed by atoms with Crippen LogP contribution in [0.3, 0.4) is 0 Å². The van der Waals surface area contributed by atoms with Gasteiger partial charge in [-0.25, -0.2) is 4.79 Å². The molecular formula is C14H27N3O3. The van der Waals surface area contributed by atoms with Crippen LogP contribution in [0, 0.1) is 0 Å². The molecule has 1 fully saturated rings. The Balaban J connectivity index is 2.02. The molecule has 2 N–H and O–H groups in total. The number of rotatable bonds is 7. The topological polar surface area (TPSA) is 70.7 Å². The van der Waals surface area contributed by atoms with Gasteiger partial charge in [-0.2, -0.15) is 0 Å². The van der Waals surface area contributed by atoms with Crippen molar-refractivity contribution >= 4 is 12.0 Å². The molecule has 6 heteroatoms. The van der Waals surface area contributed by atoms with Gasteiger partial charge in [0, 0.05) is 19.1 Å². The highest BCUT2D eigenvalue weighted by Crippen LogP contribution is 2.15. The van der Waals surface area contributed by atoms with Crippen molar-refractivity contribution in [3.8, 4) is 0 Å². The molecule has 1 atom stereocenters. The van der Waals surface area contributed by atoms with Crippen LogP contribution in [0.4, 0.5) is 4.79 Å². The average molecular weight is 285 g/mol. The largest absolute Gasteiger partial charge is 0.465 e. The van der Waals surface area contributed by atoms with Crippen LogP contribution in [0.5, 0.6) is 0 Å². The number of carbonyl (C=O) groups is 2. The zero-order valence-electron chi connectivity index (χ0n) is 12.6. The molecule has 0 saturated carbocycles. The first-order chi connectivity index (χ1) is 9.63. The van der Waals surface area contributed by atoms with Gasteiger partial charge in [-0.3, -0.25) is 4.79 Å². The van der Waals surface area contributed by atoms with Crippen LogP contribution in [-0.2, 0) is 9.53 Å². The van der Waals surface area contributed by atoms with E-state index < -0.39 is 5.97 Å². The first-order valence-electron chi connectivity index (χ1n) is 7.55. The van der Waals surface area contributed by atoms with Crippen molar-refractivity contribution in [3.63, 3.8) is 0 Å². The van der Waals surface area contributed by atoms with Crippen LogP contribution in [0.2, 0.25) is 0 Å². The van der Waals surface area contributed by atoms with Gasteiger partial charge >= 0.3 is 12.0 Å². The quantitative estimate of drug-likeness (QED) is 0.543. The minimum Gasteiger partial charge on any atom is -0.465 e. The molecule has 1 saturated heterocycles. The summed E-state index contributed by atoms with van der Waals surface area (Å²) < 4.78 is 4.72. The van der Waals surface area contributed by atoms with E-state index in [1.165, 1.54) is 19.3 Å². The van der Waals surface area contributed by atoms with Crippen molar-refractivity contribution in [2.75, 3.05) is 32.8 Å². The molecular weight excluding hydrogens is 258 g/mol. The third-order valence-corrected chi connectivity index (χ3v) is 3.55. The molecule has 1 rings (SSSR count). The standard InChI is InChI=1S/C14H27N3O3/c1-3-20-13(18)11-16-14(19)15-8-6-10-17-9-5-4-7-12(17)2/h12H,3-11H2,1-2H3,(H2,15,16,19). The monoisotopic (exact) mass is 285 g/mol. The fourth-order valence-corrected chi connectivity index (χ4v) is 2.40. The van der Waals surface area contributed by atoms with Crippen molar-refractivity contribution in [2.45, 2.75) is 45.6 Å². The summed E-state index contributed by atoms with van der Waals surface area (Å²) >= 11 is 0. The Hall–Kier alpha value is -1.30. The molecule has 6 nitrogen and oxygen atoms in total. The fourth-order valence-electron chi connectivity index (χ4n) is 2.40. The number of hydrogen-bond acceptors (Lipinski definition) is 4. The predicted octanol–water partition coefficient (Wildman–Crippen LogP) is 1.11. The predicted molar refractivity (Wildman–Crippen MR) is 77.5 cm³/mol. The van der Waals surface area contributed by atoms with E-state index in [0.717, 1.165) is 19.5 Å². The Labute approximate surface area is 121 Å². The van der Waals surface area contributed by atoms with Crippen LogP contribution in [0.25, 0.3) is 0 Å². The lowest BCUT2D eigenvalue weighted by molar-refractivity contribution is -0.141. The molecule has 20 heavy (non-hydrogen) atoms. The summed E-state index contributed by atoms with van der Waals surface area (Å²) in [6.07, 6.45) is 4.80. The zero-order valence-corrected chi connectivity index (χ0v) is 12.6. The maximum absolute atomic E-state index is 11.4. The third-order valence-electron chi connectivity index (χ3n) is 3.55. The molecule has 1 unspecified atom stereocenters. The number of urea groups is 1. The van der Waals surface area contributed by atoms with Crippen molar-refractivity contribution in [2.24, 2.45) is 0 Å². The maximum atomic E-state index is 11.4. The summed E-state index contributed by atoms with van der Waals surface area (Å²) in [7, 11) is 0. The van der Waals surface area contributed by atoms with Crippen LogP contribution in [0.15, 0.2) is 0 Å². The van der Waals surface area contributed by atoms with E-state index in [2.05, 4.69) is 22.5 Å². The number of esters is 1. The minimum atomic E-state index is -0.412. The molecule has 0 aromatic rings. The number of hydrogen-bond donors (Lipinski definition) is 2. The number of likely N-dealkylation sites (tertiary alicyclic amines) is 1. The second kappa shape index (κ2) is 9.58. The van der Waals surface area contributed by atoms with E-state index in [4.69, 9.17) is 4.74 Å². The van der Waals surface area contributed by atoms with E-state index >= 15 is 0 Å². The van der Waals surface area contributed by atoms with Crippen LogP contribution in [-0.4, -0.2) is 55.7 Å². The average Bonchev–Trinajstić information content (AvgIpc) is 2.43. The first-order valence-corrected chi connectivity index (χ1v) is 7.55. The maximum Gasteiger partial charge on any atom is 0.325 e. The Bertz CT molecular complexity index is 310. The summed E-state index contributed by atoms with van der Waals surface area (Å²) in [4.78, 5) is 24.9. The number of carbonyl (C=O) groups excluding carboxylic acids is 2. The van der Waals surface area contributed by atoms with Crippen LogP contribution < -0.4 is 10.6 Å².